The van der Waals surface area contributed by atoms with Gasteiger partial charge in [0.05, 0.1) is 0 Å². The quantitative estimate of drug-likeness (QED) is 0.693. The fourth-order valence-corrected chi connectivity index (χ4v) is 2.67. The Balaban J connectivity index is 2.61. The number of rotatable bonds is 9. The largest absolute Gasteiger partial charge is 0.343 e. The number of nitrogens with zero attached hydrogens (tertiary/aromatic N) is 2. The molecule has 0 spiro atoms. The predicted molar refractivity (Wildman–Crippen MR) is 80.0 cm³/mol. The Labute approximate surface area is 118 Å². The van der Waals surface area contributed by atoms with Crippen molar-refractivity contribution in [1.29, 1.82) is 0 Å². The van der Waals surface area contributed by atoms with Crippen molar-refractivity contribution in [1.82, 2.24) is 9.80 Å². The van der Waals surface area contributed by atoms with Gasteiger partial charge in [0, 0.05) is 44.7 Å². The average molecular weight is 269 g/mol. The first-order valence-corrected chi connectivity index (χ1v) is 7.76. The molecule has 0 aromatic rings. The molecule has 1 aliphatic carbocycles. The van der Waals surface area contributed by atoms with Crippen LogP contribution in [-0.2, 0) is 4.79 Å². The van der Waals surface area contributed by atoms with Crippen molar-refractivity contribution in [3.05, 3.63) is 0 Å². The third-order valence-corrected chi connectivity index (χ3v) is 3.86. The van der Waals surface area contributed by atoms with E-state index < -0.39 is 0 Å². The van der Waals surface area contributed by atoms with Gasteiger partial charge in [-0.05, 0) is 32.6 Å². The molecule has 0 radical (unpaired) electrons. The van der Waals surface area contributed by atoms with E-state index in [0.29, 0.717) is 24.9 Å². The van der Waals surface area contributed by atoms with Crippen LogP contribution in [0, 0.1) is 5.92 Å². The average Bonchev–Trinajstić information content (AvgIpc) is 3.18. The van der Waals surface area contributed by atoms with Crippen molar-refractivity contribution in [2.24, 2.45) is 11.7 Å². The molecule has 1 rings (SSSR count). The van der Waals surface area contributed by atoms with E-state index in [2.05, 4.69) is 18.7 Å². The van der Waals surface area contributed by atoms with Crippen LogP contribution in [-0.4, -0.2) is 54.0 Å². The number of hydrogen-bond donors (Lipinski definition) is 1. The van der Waals surface area contributed by atoms with E-state index in [1.165, 1.54) is 12.8 Å². The second-order valence-electron chi connectivity index (χ2n) is 5.98. The van der Waals surface area contributed by atoms with Crippen molar-refractivity contribution in [2.75, 3.05) is 26.2 Å². The van der Waals surface area contributed by atoms with E-state index >= 15 is 0 Å². The van der Waals surface area contributed by atoms with Gasteiger partial charge in [0.2, 0.25) is 5.91 Å². The minimum atomic E-state index is 0.211. The predicted octanol–water partition coefficient (Wildman–Crippen LogP) is 1.69. The van der Waals surface area contributed by atoms with Gasteiger partial charge in [-0.15, -0.1) is 0 Å². The lowest BCUT2D eigenvalue weighted by molar-refractivity contribution is -0.132. The number of amides is 1. The molecule has 4 nitrogen and oxygen atoms in total. The molecule has 1 aliphatic rings. The zero-order chi connectivity index (χ0) is 14.4. The number of nitrogens with two attached hydrogens (primary N) is 1. The molecule has 1 atom stereocenters. The Bertz CT molecular complexity index is 273. The van der Waals surface area contributed by atoms with Gasteiger partial charge in [-0.3, -0.25) is 9.69 Å². The van der Waals surface area contributed by atoms with E-state index in [4.69, 9.17) is 5.73 Å². The summed E-state index contributed by atoms with van der Waals surface area (Å²) in [6, 6.07) is 0.878. The first kappa shape index (κ1) is 16.4. The standard InChI is InChI=1S/C15H31N3O/c1-5-17(6-2)15(19)9-14(10-16)18(11-12(3)4)13-7-8-13/h12-14H,5-11,16H2,1-4H3. The molecule has 1 amide bonds. The normalized spacial score (nSPS) is 17.0. The fraction of sp³-hybridized carbons (Fsp3) is 0.933. The van der Waals surface area contributed by atoms with Crippen LogP contribution in [0.1, 0.15) is 47.0 Å². The van der Waals surface area contributed by atoms with E-state index in [-0.39, 0.29) is 11.9 Å². The first-order chi connectivity index (χ1) is 9.03. The molecule has 1 fully saturated rings. The maximum atomic E-state index is 12.3. The Morgan fingerprint density at radius 1 is 1.26 bits per heavy atom. The van der Waals surface area contributed by atoms with Crippen LogP contribution >= 0.6 is 0 Å². The van der Waals surface area contributed by atoms with Gasteiger partial charge in [-0.1, -0.05) is 13.8 Å². The van der Waals surface area contributed by atoms with Crippen molar-refractivity contribution in [3.63, 3.8) is 0 Å². The van der Waals surface area contributed by atoms with Gasteiger partial charge in [0.25, 0.3) is 0 Å². The second-order valence-corrected chi connectivity index (χ2v) is 5.98. The van der Waals surface area contributed by atoms with Crippen LogP contribution in [0.4, 0.5) is 0 Å². The maximum Gasteiger partial charge on any atom is 0.224 e. The van der Waals surface area contributed by atoms with E-state index in [1.807, 2.05) is 18.7 Å². The zero-order valence-corrected chi connectivity index (χ0v) is 13.1. The monoisotopic (exact) mass is 269 g/mol. The molecular formula is C15H31N3O. The summed E-state index contributed by atoms with van der Waals surface area (Å²) in [4.78, 5) is 16.6. The summed E-state index contributed by atoms with van der Waals surface area (Å²) < 4.78 is 0. The highest BCUT2D eigenvalue weighted by atomic mass is 16.2. The molecular weight excluding hydrogens is 238 g/mol. The van der Waals surface area contributed by atoms with Crippen molar-refractivity contribution in [2.45, 2.75) is 59.0 Å². The van der Waals surface area contributed by atoms with Gasteiger partial charge < -0.3 is 10.6 Å². The van der Waals surface area contributed by atoms with Crippen LogP contribution < -0.4 is 5.73 Å². The molecule has 0 bridgehead atoms. The molecule has 0 saturated heterocycles. The lowest BCUT2D eigenvalue weighted by Crippen LogP contribution is -2.47. The van der Waals surface area contributed by atoms with Crippen molar-refractivity contribution >= 4 is 5.91 Å². The van der Waals surface area contributed by atoms with Crippen molar-refractivity contribution < 1.29 is 4.79 Å². The van der Waals surface area contributed by atoms with Gasteiger partial charge in [0.1, 0.15) is 0 Å². The Hall–Kier alpha value is -0.610. The lowest BCUT2D eigenvalue weighted by atomic mass is 10.1. The third kappa shape index (κ3) is 5.11. The first-order valence-electron chi connectivity index (χ1n) is 7.76. The lowest BCUT2D eigenvalue weighted by Gasteiger charge is -2.33. The van der Waals surface area contributed by atoms with Crippen molar-refractivity contribution in [3.8, 4) is 0 Å². The molecule has 112 valence electrons. The minimum absolute atomic E-state index is 0.211. The SMILES string of the molecule is CCN(CC)C(=O)CC(CN)N(CC(C)C)C1CC1. The van der Waals surface area contributed by atoms with E-state index in [1.54, 1.807) is 0 Å². The summed E-state index contributed by atoms with van der Waals surface area (Å²) in [6.45, 7) is 11.7. The van der Waals surface area contributed by atoms with Crippen LogP contribution in [0.25, 0.3) is 0 Å². The number of carbonyl (C=O) groups is 1. The molecule has 2 N–H and O–H groups in total. The fourth-order valence-electron chi connectivity index (χ4n) is 2.67. The summed E-state index contributed by atoms with van der Waals surface area (Å²) >= 11 is 0. The summed E-state index contributed by atoms with van der Waals surface area (Å²) in [5, 5.41) is 0. The maximum absolute atomic E-state index is 12.3. The summed E-state index contributed by atoms with van der Waals surface area (Å²) in [5.41, 5.74) is 5.93. The highest BCUT2D eigenvalue weighted by Gasteiger charge is 2.34. The van der Waals surface area contributed by atoms with Crippen LogP contribution in [0.2, 0.25) is 0 Å². The molecule has 0 aromatic carbocycles. The number of carbonyl (C=O) groups excluding carboxylic acids is 1. The highest BCUT2D eigenvalue weighted by molar-refractivity contribution is 5.76. The summed E-state index contributed by atoms with van der Waals surface area (Å²) in [6.07, 6.45) is 3.10. The van der Waals surface area contributed by atoms with Gasteiger partial charge in [-0.25, -0.2) is 0 Å². The van der Waals surface area contributed by atoms with Crippen LogP contribution in [0.3, 0.4) is 0 Å². The van der Waals surface area contributed by atoms with Crippen LogP contribution in [0.15, 0.2) is 0 Å². The Morgan fingerprint density at radius 3 is 2.21 bits per heavy atom. The van der Waals surface area contributed by atoms with Gasteiger partial charge in [0.15, 0.2) is 0 Å². The van der Waals surface area contributed by atoms with Gasteiger partial charge in [-0.2, -0.15) is 0 Å². The third-order valence-electron chi connectivity index (χ3n) is 3.86. The molecule has 1 unspecified atom stereocenters. The second kappa shape index (κ2) is 7.85. The summed E-state index contributed by atoms with van der Waals surface area (Å²) in [7, 11) is 0. The molecule has 0 aromatic heterocycles. The molecule has 0 aliphatic heterocycles. The molecule has 19 heavy (non-hydrogen) atoms. The molecule has 1 saturated carbocycles. The highest BCUT2D eigenvalue weighted by Crippen LogP contribution is 2.30. The Kier molecular flexibility index (Phi) is 6.80. The topological polar surface area (TPSA) is 49.6 Å². The number of hydrogen-bond acceptors (Lipinski definition) is 3. The van der Waals surface area contributed by atoms with Gasteiger partial charge >= 0.3 is 0 Å². The molecule has 4 heteroatoms. The minimum Gasteiger partial charge on any atom is -0.343 e. The van der Waals surface area contributed by atoms with Crippen LogP contribution in [0.5, 0.6) is 0 Å². The Morgan fingerprint density at radius 2 is 1.84 bits per heavy atom. The smallest absolute Gasteiger partial charge is 0.224 e. The van der Waals surface area contributed by atoms with E-state index in [0.717, 1.165) is 19.6 Å². The molecule has 0 heterocycles. The zero-order valence-electron chi connectivity index (χ0n) is 13.1. The van der Waals surface area contributed by atoms with E-state index in [9.17, 15) is 4.79 Å². The summed E-state index contributed by atoms with van der Waals surface area (Å²) in [5.74, 6) is 0.869.